The Bertz CT molecular complexity index is 546. The van der Waals surface area contributed by atoms with Crippen molar-refractivity contribution in [2.24, 2.45) is 0 Å². The van der Waals surface area contributed by atoms with Crippen LogP contribution in [0.5, 0.6) is 11.5 Å². The lowest BCUT2D eigenvalue weighted by Gasteiger charge is -2.10. The summed E-state index contributed by atoms with van der Waals surface area (Å²) in [6.45, 7) is 0. The van der Waals surface area contributed by atoms with Crippen LogP contribution in [-0.4, -0.2) is 31.2 Å². The van der Waals surface area contributed by atoms with E-state index in [0.717, 1.165) is 15.7 Å². The quantitative estimate of drug-likeness (QED) is 0.848. The molecule has 1 heterocycles. The van der Waals surface area contributed by atoms with Crippen molar-refractivity contribution < 1.29 is 9.47 Å². The van der Waals surface area contributed by atoms with Crippen molar-refractivity contribution in [3.05, 3.63) is 30.6 Å². The first-order valence-electron chi connectivity index (χ1n) is 5.67. The van der Waals surface area contributed by atoms with Crippen molar-refractivity contribution in [3.63, 3.8) is 0 Å². The first kappa shape index (κ1) is 13.5. The third-order valence-corrected chi connectivity index (χ3v) is 3.48. The van der Waals surface area contributed by atoms with Gasteiger partial charge in [0.2, 0.25) is 0 Å². The molecule has 1 aromatic heterocycles. The highest BCUT2D eigenvalue weighted by atomic mass is 32.2. The average Bonchev–Trinajstić information content (AvgIpc) is 2.47. The molecule has 0 saturated carbocycles. The number of methoxy groups -OCH3 is 2. The third-order valence-electron chi connectivity index (χ3n) is 2.49. The van der Waals surface area contributed by atoms with Crippen LogP contribution in [0.3, 0.4) is 0 Å². The van der Waals surface area contributed by atoms with Crippen molar-refractivity contribution in [3.8, 4) is 11.5 Å². The second-order valence-electron chi connectivity index (χ2n) is 3.59. The van der Waals surface area contributed by atoms with Gasteiger partial charge in [0, 0.05) is 11.9 Å². The fourth-order valence-corrected chi connectivity index (χ4v) is 2.42. The van der Waals surface area contributed by atoms with Crippen LogP contribution < -0.4 is 14.8 Å². The number of anilines is 1. The molecule has 0 atom stereocenters. The van der Waals surface area contributed by atoms with E-state index in [1.165, 1.54) is 18.1 Å². The summed E-state index contributed by atoms with van der Waals surface area (Å²) in [6, 6.07) is 7.78. The molecular weight excluding hydrogens is 262 g/mol. The minimum Gasteiger partial charge on any atom is -0.497 e. The topological polar surface area (TPSA) is 56.3 Å². The fraction of sp³-hybridized carbons (Fsp3) is 0.231. The molecule has 0 amide bonds. The van der Waals surface area contributed by atoms with E-state index in [1.54, 1.807) is 21.3 Å². The Balaban J connectivity index is 2.26. The van der Waals surface area contributed by atoms with Crippen LogP contribution in [0.25, 0.3) is 0 Å². The number of rotatable bonds is 5. The molecule has 2 rings (SSSR count). The van der Waals surface area contributed by atoms with E-state index >= 15 is 0 Å². The SMILES string of the molecule is CNc1ncnc(Sc2ccc(OC)cc2)c1OC. The lowest BCUT2D eigenvalue weighted by atomic mass is 10.3. The van der Waals surface area contributed by atoms with E-state index in [1.807, 2.05) is 24.3 Å². The Morgan fingerprint density at radius 1 is 1.05 bits per heavy atom. The zero-order valence-electron chi connectivity index (χ0n) is 11.0. The van der Waals surface area contributed by atoms with E-state index in [9.17, 15) is 0 Å². The van der Waals surface area contributed by atoms with Crippen molar-refractivity contribution in [1.82, 2.24) is 9.97 Å². The molecule has 0 radical (unpaired) electrons. The maximum atomic E-state index is 5.35. The van der Waals surface area contributed by atoms with Gasteiger partial charge in [-0.3, -0.25) is 0 Å². The van der Waals surface area contributed by atoms with Gasteiger partial charge in [-0.1, -0.05) is 11.8 Å². The predicted octanol–water partition coefficient (Wildman–Crippen LogP) is 2.69. The molecule has 0 fully saturated rings. The Morgan fingerprint density at radius 3 is 2.37 bits per heavy atom. The van der Waals surface area contributed by atoms with Crippen LogP contribution in [0.1, 0.15) is 0 Å². The normalized spacial score (nSPS) is 10.1. The molecule has 2 aromatic rings. The van der Waals surface area contributed by atoms with E-state index in [2.05, 4.69) is 15.3 Å². The summed E-state index contributed by atoms with van der Waals surface area (Å²) < 4.78 is 10.5. The highest BCUT2D eigenvalue weighted by molar-refractivity contribution is 7.99. The fourth-order valence-electron chi connectivity index (χ4n) is 1.55. The van der Waals surface area contributed by atoms with Gasteiger partial charge in [-0.2, -0.15) is 0 Å². The highest BCUT2D eigenvalue weighted by Crippen LogP contribution is 2.36. The van der Waals surface area contributed by atoms with Gasteiger partial charge in [-0.05, 0) is 24.3 Å². The smallest absolute Gasteiger partial charge is 0.194 e. The molecule has 6 heteroatoms. The molecule has 5 nitrogen and oxygen atoms in total. The molecule has 0 spiro atoms. The van der Waals surface area contributed by atoms with Crippen molar-refractivity contribution in [2.75, 3.05) is 26.6 Å². The van der Waals surface area contributed by atoms with E-state index < -0.39 is 0 Å². The average molecular weight is 277 g/mol. The van der Waals surface area contributed by atoms with Crippen LogP contribution in [0.15, 0.2) is 40.5 Å². The Morgan fingerprint density at radius 2 is 1.79 bits per heavy atom. The molecule has 0 unspecified atom stereocenters. The third kappa shape index (κ3) is 3.08. The number of nitrogens with one attached hydrogen (secondary N) is 1. The first-order chi connectivity index (χ1) is 9.28. The molecule has 1 aromatic carbocycles. The lowest BCUT2D eigenvalue weighted by molar-refractivity contribution is 0.400. The number of nitrogens with zero attached hydrogens (tertiary/aromatic N) is 2. The van der Waals surface area contributed by atoms with Gasteiger partial charge >= 0.3 is 0 Å². The lowest BCUT2D eigenvalue weighted by Crippen LogP contribution is -1.99. The van der Waals surface area contributed by atoms with E-state index in [0.29, 0.717) is 11.6 Å². The first-order valence-corrected chi connectivity index (χ1v) is 6.48. The maximum absolute atomic E-state index is 5.35. The minimum absolute atomic E-state index is 0.644. The van der Waals surface area contributed by atoms with Gasteiger partial charge in [-0.25, -0.2) is 9.97 Å². The molecule has 0 aliphatic carbocycles. The van der Waals surface area contributed by atoms with Crippen molar-refractivity contribution in [2.45, 2.75) is 9.92 Å². The van der Waals surface area contributed by atoms with Gasteiger partial charge in [0.1, 0.15) is 17.1 Å². The Hall–Kier alpha value is -1.95. The zero-order chi connectivity index (χ0) is 13.7. The number of aromatic nitrogens is 2. The van der Waals surface area contributed by atoms with Crippen LogP contribution in [0.2, 0.25) is 0 Å². The largest absolute Gasteiger partial charge is 0.497 e. The maximum Gasteiger partial charge on any atom is 0.194 e. The predicted molar refractivity (Wildman–Crippen MR) is 75.2 cm³/mol. The molecule has 0 aliphatic rings. The summed E-state index contributed by atoms with van der Waals surface area (Å²) >= 11 is 1.52. The van der Waals surface area contributed by atoms with Crippen molar-refractivity contribution >= 4 is 17.6 Å². The van der Waals surface area contributed by atoms with Crippen LogP contribution in [0, 0.1) is 0 Å². The molecule has 1 N–H and O–H groups in total. The van der Waals surface area contributed by atoms with Crippen LogP contribution in [-0.2, 0) is 0 Å². The molecule has 0 bridgehead atoms. The summed E-state index contributed by atoms with van der Waals surface area (Å²) in [5.41, 5.74) is 0. The summed E-state index contributed by atoms with van der Waals surface area (Å²) in [5.74, 6) is 2.15. The van der Waals surface area contributed by atoms with E-state index in [-0.39, 0.29) is 0 Å². The second kappa shape index (κ2) is 6.29. The summed E-state index contributed by atoms with van der Waals surface area (Å²) in [7, 11) is 5.05. The van der Waals surface area contributed by atoms with Gasteiger partial charge in [0.05, 0.1) is 14.2 Å². The summed E-state index contributed by atoms with van der Waals surface area (Å²) in [4.78, 5) is 9.42. The van der Waals surface area contributed by atoms with Gasteiger partial charge in [0.15, 0.2) is 11.6 Å². The Kier molecular flexibility index (Phi) is 4.46. The van der Waals surface area contributed by atoms with Crippen LogP contribution >= 0.6 is 11.8 Å². The molecule has 0 aliphatic heterocycles. The molecular formula is C13H15N3O2S. The summed E-state index contributed by atoms with van der Waals surface area (Å²) in [6.07, 6.45) is 1.51. The number of hydrogen-bond acceptors (Lipinski definition) is 6. The zero-order valence-corrected chi connectivity index (χ0v) is 11.8. The van der Waals surface area contributed by atoms with Crippen LogP contribution in [0.4, 0.5) is 5.82 Å². The second-order valence-corrected chi connectivity index (χ2v) is 4.65. The van der Waals surface area contributed by atoms with Crippen molar-refractivity contribution in [1.29, 1.82) is 0 Å². The number of hydrogen-bond donors (Lipinski definition) is 1. The number of benzene rings is 1. The van der Waals surface area contributed by atoms with Gasteiger partial charge in [0.25, 0.3) is 0 Å². The van der Waals surface area contributed by atoms with Gasteiger partial charge in [-0.15, -0.1) is 0 Å². The highest BCUT2D eigenvalue weighted by Gasteiger charge is 2.12. The molecule has 0 saturated heterocycles. The summed E-state index contributed by atoms with van der Waals surface area (Å²) in [5, 5.41) is 3.75. The molecule has 19 heavy (non-hydrogen) atoms. The standard InChI is InChI=1S/C13H15N3O2S/c1-14-12-11(18-3)13(16-8-15-12)19-10-6-4-9(17-2)5-7-10/h4-8H,1-3H3,(H,14,15,16). The monoisotopic (exact) mass is 277 g/mol. The van der Waals surface area contributed by atoms with E-state index in [4.69, 9.17) is 9.47 Å². The minimum atomic E-state index is 0.644. The van der Waals surface area contributed by atoms with Gasteiger partial charge < -0.3 is 14.8 Å². The Labute approximate surface area is 116 Å². The molecule has 100 valence electrons. The number of ether oxygens (including phenoxy) is 2.